The molecule has 0 amide bonds. The van der Waals surface area contributed by atoms with Crippen molar-refractivity contribution in [3.63, 3.8) is 0 Å². The molecule has 0 heterocycles. The number of likely N-dealkylation sites (N-methyl/N-ethyl adjacent to an activating group) is 1. The molecule has 78 valence electrons. The Bertz CT molecular complexity index is 244. The number of allylic oxidation sites excluding steroid dienone is 2. The maximum atomic E-state index is 3.28. The molecule has 1 heteroatoms. The highest BCUT2D eigenvalue weighted by Gasteiger charge is 2.21. The highest BCUT2D eigenvalue weighted by Crippen LogP contribution is 2.36. The molecule has 2 rings (SSSR count). The lowest BCUT2D eigenvalue weighted by Crippen LogP contribution is -2.15. The van der Waals surface area contributed by atoms with E-state index in [1.54, 1.807) is 11.1 Å². The smallest absolute Gasteiger partial charge is 0.0202 e. The molecule has 1 saturated carbocycles. The minimum atomic E-state index is 0.920. The van der Waals surface area contributed by atoms with E-state index in [9.17, 15) is 0 Å². The molecule has 0 aliphatic heterocycles. The summed E-state index contributed by atoms with van der Waals surface area (Å²) in [5, 5.41) is 3.28. The largest absolute Gasteiger partial charge is 0.316 e. The van der Waals surface area contributed by atoms with E-state index in [1.807, 2.05) is 7.05 Å². The second-order valence-corrected chi connectivity index (χ2v) is 4.50. The minimum Gasteiger partial charge on any atom is -0.316 e. The first-order valence-corrected chi connectivity index (χ1v) is 5.95. The van der Waals surface area contributed by atoms with Crippen LogP contribution >= 0.6 is 0 Å². The Labute approximate surface area is 87.3 Å². The topological polar surface area (TPSA) is 12.0 Å². The van der Waals surface area contributed by atoms with Gasteiger partial charge in [0.05, 0.1) is 0 Å². The molecule has 2 aliphatic rings. The zero-order valence-electron chi connectivity index (χ0n) is 9.18. The highest BCUT2D eigenvalue weighted by molar-refractivity contribution is 5.32. The van der Waals surface area contributed by atoms with Crippen LogP contribution in [0.25, 0.3) is 0 Å². The van der Waals surface area contributed by atoms with E-state index in [2.05, 4.69) is 17.5 Å². The Morgan fingerprint density at radius 3 is 2.86 bits per heavy atom. The van der Waals surface area contributed by atoms with Crippen molar-refractivity contribution in [3.05, 3.63) is 23.3 Å². The lowest BCUT2D eigenvalue weighted by molar-refractivity contribution is 0.598. The number of nitrogens with one attached hydrogen (secondary N) is 1. The first kappa shape index (κ1) is 9.97. The molecule has 1 fully saturated rings. The Balaban J connectivity index is 2.13. The van der Waals surface area contributed by atoms with Gasteiger partial charge in [-0.15, -0.1) is 0 Å². The van der Waals surface area contributed by atoms with Gasteiger partial charge in [-0.2, -0.15) is 0 Å². The standard InChI is InChI=1S/C13H21N/c1-14-10-12-8-4-5-9-13(12)11-6-2-3-7-11/h4,8,11,14H,2-3,5-7,9-10H2,1H3. The molecule has 1 nitrogen and oxygen atoms in total. The molecule has 0 atom stereocenters. The van der Waals surface area contributed by atoms with Crippen LogP contribution < -0.4 is 5.32 Å². The van der Waals surface area contributed by atoms with Gasteiger partial charge in [0, 0.05) is 6.54 Å². The third-order valence-electron chi connectivity index (χ3n) is 3.53. The highest BCUT2D eigenvalue weighted by atomic mass is 14.8. The second kappa shape index (κ2) is 4.79. The van der Waals surface area contributed by atoms with E-state index in [-0.39, 0.29) is 0 Å². The average Bonchev–Trinajstić information content (AvgIpc) is 2.72. The van der Waals surface area contributed by atoms with E-state index >= 15 is 0 Å². The predicted octanol–water partition coefficient (Wildman–Crippen LogP) is 3.04. The normalized spacial score (nSPS) is 23.5. The maximum Gasteiger partial charge on any atom is 0.0202 e. The summed E-state index contributed by atoms with van der Waals surface area (Å²) in [7, 11) is 2.04. The monoisotopic (exact) mass is 191 g/mol. The summed E-state index contributed by atoms with van der Waals surface area (Å²) < 4.78 is 0. The van der Waals surface area contributed by atoms with Crippen molar-refractivity contribution in [2.45, 2.75) is 38.5 Å². The molecule has 1 N–H and O–H groups in total. The van der Waals surface area contributed by atoms with Crippen LogP contribution in [0.3, 0.4) is 0 Å². The van der Waals surface area contributed by atoms with Crippen LogP contribution in [0.4, 0.5) is 0 Å². The van der Waals surface area contributed by atoms with Crippen molar-refractivity contribution >= 4 is 0 Å². The minimum absolute atomic E-state index is 0.920. The maximum absolute atomic E-state index is 3.28. The van der Waals surface area contributed by atoms with Crippen molar-refractivity contribution < 1.29 is 0 Å². The van der Waals surface area contributed by atoms with Gasteiger partial charge in [-0.25, -0.2) is 0 Å². The molecule has 0 saturated heterocycles. The molecular weight excluding hydrogens is 170 g/mol. The Kier molecular flexibility index (Phi) is 3.41. The van der Waals surface area contributed by atoms with E-state index in [0.717, 1.165) is 12.5 Å². The van der Waals surface area contributed by atoms with Crippen LogP contribution in [0.1, 0.15) is 38.5 Å². The first-order chi connectivity index (χ1) is 6.92. The quantitative estimate of drug-likeness (QED) is 0.723. The fourth-order valence-corrected chi connectivity index (χ4v) is 2.84. The van der Waals surface area contributed by atoms with Crippen molar-refractivity contribution in [3.8, 4) is 0 Å². The average molecular weight is 191 g/mol. The molecule has 0 radical (unpaired) electrons. The molecule has 0 aromatic heterocycles. The van der Waals surface area contributed by atoms with E-state index in [0.29, 0.717) is 0 Å². The Morgan fingerprint density at radius 2 is 2.14 bits per heavy atom. The van der Waals surface area contributed by atoms with Crippen molar-refractivity contribution in [2.75, 3.05) is 13.6 Å². The van der Waals surface area contributed by atoms with E-state index in [1.165, 1.54) is 38.5 Å². The third kappa shape index (κ3) is 2.09. The van der Waals surface area contributed by atoms with Crippen molar-refractivity contribution in [2.24, 2.45) is 5.92 Å². The van der Waals surface area contributed by atoms with Crippen LogP contribution in [-0.4, -0.2) is 13.6 Å². The number of hydrogen-bond donors (Lipinski definition) is 1. The van der Waals surface area contributed by atoms with E-state index < -0.39 is 0 Å². The van der Waals surface area contributed by atoms with Gasteiger partial charge in [0.2, 0.25) is 0 Å². The first-order valence-electron chi connectivity index (χ1n) is 5.95. The third-order valence-corrected chi connectivity index (χ3v) is 3.53. The van der Waals surface area contributed by atoms with Gasteiger partial charge < -0.3 is 5.32 Å². The van der Waals surface area contributed by atoms with Crippen LogP contribution in [0, 0.1) is 5.92 Å². The molecular formula is C13H21N. The van der Waals surface area contributed by atoms with Crippen LogP contribution in [0.5, 0.6) is 0 Å². The van der Waals surface area contributed by atoms with Gasteiger partial charge in [-0.1, -0.05) is 30.6 Å². The van der Waals surface area contributed by atoms with Crippen LogP contribution in [0.15, 0.2) is 23.3 Å². The van der Waals surface area contributed by atoms with E-state index in [4.69, 9.17) is 0 Å². The molecule has 0 spiro atoms. The van der Waals surface area contributed by atoms with Gasteiger partial charge in [0.1, 0.15) is 0 Å². The zero-order valence-corrected chi connectivity index (χ0v) is 9.18. The molecule has 0 aromatic rings. The second-order valence-electron chi connectivity index (χ2n) is 4.50. The summed E-state index contributed by atoms with van der Waals surface area (Å²) in [6, 6.07) is 0. The SMILES string of the molecule is CNCC1=C(C2CCCC2)CCC=C1. The van der Waals surface area contributed by atoms with Gasteiger partial charge in [0.25, 0.3) is 0 Å². The van der Waals surface area contributed by atoms with Crippen molar-refractivity contribution in [1.82, 2.24) is 5.32 Å². The Hall–Kier alpha value is -0.560. The van der Waals surface area contributed by atoms with Gasteiger partial charge in [-0.3, -0.25) is 0 Å². The summed E-state index contributed by atoms with van der Waals surface area (Å²) >= 11 is 0. The van der Waals surface area contributed by atoms with Gasteiger partial charge in [-0.05, 0) is 44.2 Å². The summed E-state index contributed by atoms with van der Waals surface area (Å²) in [5.74, 6) is 0.920. The number of hydrogen-bond acceptors (Lipinski definition) is 1. The summed E-state index contributed by atoms with van der Waals surface area (Å²) in [5.41, 5.74) is 3.34. The van der Waals surface area contributed by atoms with Gasteiger partial charge in [0.15, 0.2) is 0 Å². The fourth-order valence-electron chi connectivity index (χ4n) is 2.84. The van der Waals surface area contributed by atoms with Crippen LogP contribution in [0.2, 0.25) is 0 Å². The Morgan fingerprint density at radius 1 is 1.36 bits per heavy atom. The lowest BCUT2D eigenvalue weighted by atomic mass is 9.86. The molecule has 2 aliphatic carbocycles. The van der Waals surface area contributed by atoms with Crippen molar-refractivity contribution in [1.29, 1.82) is 0 Å². The lowest BCUT2D eigenvalue weighted by Gasteiger charge is -2.21. The predicted molar refractivity (Wildman–Crippen MR) is 61.3 cm³/mol. The molecule has 0 aromatic carbocycles. The molecule has 14 heavy (non-hydrogen) atoms. The molecule has 0 bridgehead atoms. The summed E-state index contributed by atoms with van der Waals surface area (Å²) in [6.07, 6.45) is 13.0. The fraction of sp³-hybridized carbons (Fsp3) is 0.692. The number of rotatable bonds is 3. The zero-order chi connectivity index (χ0) is 9.80. The van der Waals surface area contributed by atoms with Gasteiger partial charge >= 0.3 is 0 Å². The van der Waals surface area contributed by atoms with Crippen LogP contribution in [-0.2, 0) is 0 Å². The summed E-state index contributed by atoms with van der Waals surface area (Å²) in [4.78, 5) is 0. The summed E-state index contributed by atoms with van der Waals surface area (Å²) in [6.45, 7) is 1.06. The molecule has 0 unspecified atom stereocenters.